The van der Waals surface area contributed by atoms with Crippen LogP contribution in [0.25, 0.3) is 22.0 Å². The van der Waals surface area contributed by atoms with E-state index in [-0.39, 0.29) is 5.56 Å². The minimum Gasteiger partial charge on any atom is -0.497 e. The van der Waals surface area contributed by atoms with Crippen molar-refractivity contribution in [2.24, 2.45) is 0 Å². The van der Waals surface area contributed by atoms with Gasteiger partial charge in [0, 0.05) is 5.39 Å². The standard InChI is InChI=1S/C17H14ClNO3/c1-21-11-5-3-10(4-6-11)15-16(18)13-9-12(22-2)7-8-14(13)19-17(15)20/h3-9H,1-2H3,(H,19,20). The number of rotatable bonds is 3. The Morgan fingerprint density at radius 2 is 1.59 bits per heavy atom. The second kappa shape index (κ2) is 5.73. The highest BCUT2D eigenvalue weighted by Gasteiger charge is 2.13. The third-order valence-electron chi connectivity index (χ3n) is 3.54. The van der Waals surface area contributed by atoms with Gasteiger partial charge in [0.1, 0.15) is 11.5 Å². The van der Waals surface area contributed by atoms with Crippen LogP contribution < -0.4 is 15.0 Å². The number of benzene rings is 2. The Hall–Kier alpha value is -2.46. The van der Waals surface area contributed by atoms with Crippen LogP contribution in [0.3, 0.4) is 0 Å². The molecule has 4 nitrogen and oxygen atoms in total. The summed E-state index contributed by atoms with van der Waals surface area (Å²) in [4.78, 5) is 15.2. The van der Waals surface area contributed by atoms with Gasteiger partial charge in [-0.15, -0.1) is 0 Å². The van der Waals surface area contributed by atoms with E-state index in [1.54, 1.807) is 56.7 Å². The highest BCUT2D eigenvalue weighted by molar-refractivity contribution is 6.38. The molecule has 0 unspecified atom stereocenters. The molecule has 0 aliphatic rings. The first-order valence-corrected chi connectivity index (χ1v) is 7.06. The van der Waals surface area contributed by atoms with Crippen LogP contribution in [0.1, 0.15) is 0 Å². The molecule has 3 rings (SSSR count). The second-order valence-corrected chi connectivity index (χ2v) is 5.16. The van der Waals surface area contributed by atoms with Crippen molar-refractivity contribution in [3.05, 3.63) is 57.8 Å². The maximum Gasteiger partial charge on any atom is 0.257 e. The van der Waals surface area contributed by atoms with E-state index in [9.17, 15) is 4.79 Å². The van der Waals surface area contributed by atoms with Crippen molar-refractivity contribution >= 4 is 22.5 Å². The van der Waals surface area contributed by atoms with Gasteiger partial charge >= 0.3 is 0 Å². The Labute approximate surface area is 132 Å². The Bertz CT molecular complexity index is 885. The van der Waals surface area contributed by atoms with Crippen molar-refractivity contribution < 1.29 is 9.47 Å². The number of nitrogens with one attached hydrogen (secondary N) is 1. The highest BCUT2D eigenvalue weighted by Crippen LogP contribution is 2.33. The molecule has 0 aliphatic heterocycles. The topological polar surface area (TPSA) is 51.3 Å². The summed E-state index contributed by atoms with van der Waals surface area (Å²) >= 11 is 6.48. The molecule has 0 saturated heterocycles. The van der Waals surface area contributed by atoms with E-state index in [0.29, 0.717) is 21.9 Å². The van der Waals surface area contributed by atoms with Crippen LogP contribution >= 0.6 is 11.6 Å². The van der Waals surface area contributed by atoms with E-state index in [0.717, 1.165) is 16.7 Å². The largest absolute Gasteiger partial charge is 0.497 e. The van der Waals surface area contributed by atoms with E-state index in [1.165, 1.54) is 0 Å². The van der Waals surface area contributed by atoms with E-state index in [2.05, 4.69) is 4.98 Å². The highest BCUT2D eigenvalue weighted by atomic mass is 35.5. The number of halogens is 1. The summed E-state index contributed by atoms with van der Waals surface area (Å²) in [5.74, 6) is 1.40. The molecule has 112 valence electrons. The molecule has 5 heteroatoms. The van der Waals surface area contributed by atoms with Crippen molar-refractivity contribution in [3.8, 4) is 22.6 Å². The molecule has 1 heterocycles. The van der Waals surface area contributed by atoms with Crippen molar-refractivity contribution in [1.82, 2.24) is 4.98 Å². The second-order valence-electron chi connectivity index (χ2n) is 4.78. The molecule has 1 aromatic heterocycles. The van der Waals surface area contributed by atoms with Crippen LogP contribution in [-0.2, 0) is 0 Å². The van der Waals surface area contributed by atoms with E-state index in [1.807, 2.05) is 0 Å². The Morgan fingerprint density at radius 3 is 2.23 bits per heavy atom. The van der Waals surface area contributed by atoms with Crippen molar-refractivity contribution in [3.63, 3.8) is 0 Å². The average Bonchev–Trinajstić information content (AvgIpc) is 2.55. The van der Waals surface area contributed by atoms with E-state index >= 15 is 0 Å². The van der Waals surface area contributed by atoms with Crippen LogP contribution in [0.5, 0.6) is 11.5 Å². The fourth-order valence-corrected chi connectivity index (χ4v) is 2.73. The number of aromatic amines is 1. The number of ether oxygens (including phenoxy) is 2. The van der Waals surface area contributed by atoms with Gasteiger partial charge in [0.25, 0.3) is 5.56 Å². The van der Waals surface area contributed by atoms with Gasteiger partial charge in [-0.25, -0.2) is 0 Å². The minimum atomic E-state index is -0.229. The third-order valence-corrected chi connectivity index (χ3v) is 3.93. The monoisotopic (exact) mass is 315 g/mol. The van der Waals surface area contributed by atoms with Crippen LogP contribution in [0.15, 0.2) is 47.3 Å². The molecule has 0 bridgehead atoms. The van der Waals surface area contributed by atoms with Gasteiger partial charge in [-0.3, -0.25) is 4.79 Å². The van der Waals surface area contributed by atoms with Gasteiger partial charge < -0.3 is 14.5 Å². The Balaban J connectivity index is 2.25. The van der Waals surface area contributed by atoms with Gasteiger partial charge in [0.2, 0.25) is 0 Å². The summed E-state index contributed by atoms with van der Waals surface area (Å²) < 4.78 is 10.3. The summed E-state index contributed by atoms with van der Waals surface area (Å²) in [7, 11) is 3.18. The SMILES string of the molecule is COc1ccc(-c2c(Cl)c3cc(OC)ccc3[nH]c2=O)cc1. The van der Waals surface area contributed by atoms with Crippen molar-refractivity contribution in [1.29, 1.82) is 0 Å². The maximum atomic E-state index is 12.4. The number of methoxy groups -OCH3 is 2. The lowest BCUT2D eigenvalue weighted by Gasteiger charge is -2.09. The molecule has 1 N–H and O–H groups in total. The number of hydrogen-bond acceptors (Lipinski definition) is 3. The van der Waals surface area contributed by atoms with Crippen LogP contribution in [-0.4, -0.2) is 19.2 Å². The molecule has 3 aromatic rings. The number of aromatic nitrogens is 1. The predicted molar refractivity (Wildman–Crippen MR) is 88.1 cm³/mol. The first-order valence-electron chi connectivity index (χ1n) is 6.68. The minimum absolute atomic E-state index is 0.229. The number of H-pyrrole nitrogens is 1. The lowest BCUT2D eigenvalue weighted by Crippen LogP contribution is -2.10. The summed E-state index contributed by atoms with van der Waals surface area (Å²) in [6, 6.07) is 12.6. The first-order chi connectivity index (χ1) is 10.6. The van der Waals surface area contributed by atoms with Gasteiger partial charge in [-0.1, -0.05) is 23.7 Å². The normalized spacial score (nSPS) is 10.7. The number of hydrogen-bond donors (Lipinski definition) is 1. The van der Waals surface area contributed by atoms with Crippen molar-refractivity contribution in [2.45, 2.75) is 0 Å². The van der Waals surface area contributed by atoms with Crippen molar-refractivity contribution in [2.75, 3.05) is 14.2 Å². The molecule has 0 aliphatic carbocycles. The molecule has 0 spiro atoms. The van der Waals surface area contributed by atoms with E-state index < -0.39 is 0 Å². The van der Waals surface area contributed by atoms with Gasteiger partial charge in [-0.05, 0) is 35.9 Å². The molecule has 0 fully saturated rings. The zero-order valence-electron chi connectivity index (χ0n) is 12.1. The molecule has 0 atom stereocenters. The van der Waals surface area contributed by atoms with Gasteiger partial charge in [0.15, 0.2) is 0 Å². The van der Waals surface area contributed by atoms with Crippen LogP contribution in [0.2, 0.25) is 5.02 Å². The Kier molecular flexibility index (Phi) is 3.77. The molecule has 0 radical (unpaired) electrons. The summed E-state index contributed by atoms with van der Waals surface area (Å²) in [5.41, 5.74) is 1.61. The summed E-state index contributed by atoms with van der Waals surface area (Å²) in [6.07, 6.45) is 0. The zero-order valence-corrected chi connectivity index (χ0v) is 12.9. The van der Waals surface area contributed by atoms with E-state index in [4.69, 9.17) is 21.1 Å². The van der Waals surface area contributed by atoms with Crippen LogP contribution in [0.4, 0.5) is 0 Å². The smallest absolute Gasteiger partial charge is 0.257 e. The molecule has 0 saturated carbocycles. The fraction of sp³-hybridized carbons (Fsp3) is 0.118. The first kappa shape index (κ1) is 14.5. The van der Waals surface area contributed by atoms with Gasteiger partial charge in [-0.2, -0.15) is 0 Å². The maximum absolute atomic E-state index is 12.4. The molecular weight excluding hydrogens is 302 g/mol. The summed E-state index contributed by atoms with van der Waals surface area (Å²) in [5, 5.41) is 1.15. The average molecular weight is 316 g/mol. The number of pyridine rings is 1. The molecular formula is C17H14ClNO3. The molecule has 22 heavy (non-hydrogen) atoms. The lowest BCUT2D eigenvalue weighted by molar-refractivity contribution is 0.415. The van der Waals surface area contributed by atoms with Crippen LogP contribution in [0, 0.1) is 0 Å². The lowest BCUT2D eigenvalue weighted by atomic mass is 10.0. The quantitative estimate of drug-likeness (QED) is 0.798. The summed E-state index contributed by atoms with van der Waals surface area (Å²) in [6.45, 7) is 0. The molecule has 0 amide bonds. The van der Waals surface area contributed by atoms with Gasteiger partial charge in [0.05, 0.1) is 30.3 Å². The fourth-order valence-electron chi connectivity index (χ4n) is 2.38. The third kappa shape index (κ3) is 2.42. The Morgan fingerprint density at radius 1 is 0.955 bits per heavy atom. The molecule has 2 aromatic carbocycles. The predicted octanol–water partition coefficient (Wildman–Crippen LogP) is 3.87. The zero-order chi connectivity index (χ0) is 15.7. The number of fused-ring (bicyclic) bond motifs is 1.